The van der Waals surface area contributed by atoms with Gasteiger partial charge in [-0.2, -0.15) is 0 Å². The highest BCUT2D eigenvalue weighted by Gasteiger charge is 2.20. The van der Waals surface area contributed by atoms with Crippen LogP contribution in [0.15, 0.2) is 135 Å². The minimum atomic E-state index is 0.855. The van der Waals surface area contributed by atoms with Crippen molar-refractivity contribution in [2.45, 2.75) is 0 Å². The highest BCUT2D eigenvalue weighted by molar-refractivity contribution is 9.10. The molecule has 4 heteroatoms. The fourth-order valence-corrected chi connectivity index (χ4v) is 7.05. The molecule has 0 saturated heterocycles. The van der Waals surface area contributed by atoms with Crippen LogP contribution in [0.1, 0.15) is 0 Å². The smallest absolute Gasteiger partial charge is 0.136 e. The molecular weight excluding hydrogens is 558 g/mol. The van der Waals surface area contributed by atoms with Gasteiger partial charge in [0.25, 0.3) is 0 Å². The molecule has 0 saturated carbocycles. The first-order valence-electron chi connectivity index (χ1n) is 13.3. The molecule has 0 spiro atoms. The number of fused-ring (bicyclic) bond motifs is 9. The Morgan fingerprint density at radius 1 is 0.475 bits per heavy atom. The third-order valence-electron chi connectivity index (χ3n) is 8.09. The lowest BCUT2D eigenvalue weighted by Crippen LogP contribution is -1.95. The van der Waals surface area contributed by atoms with E-state index >= 15 is 0 Å². The molecule has 0 fully saturated rings. The Balaban J connectivity index is 1.36. The van der Waals surface area contributed by atoms with Crippen molar-refractivity contribution < 1.29 is 8.83 Å². The second-order valence-electron chi connectivity index (χ2n) is 10.2. The maximum atomic E-state index is 6.43. The van der Waals surface area contributed by atoms with Crippen LogP contribution in [0, 0.1) is 0 Å². The number of furan rings is 2. The second-order valence-corrected chi connectivity index (χ2v) is 11.0. The SMILES string of the molecule is Brc1c(-n2c3ccccc3c3ccccc32)ccc2oc3cccc(-c4ccc5oc6ccccc6c5c4)c3c12. The van der Waals surface area contributed by atoms with Crippen LogP contribution in [0.2, 0.25) is 0 Å². The van der Waals surface area contributed by atoms with Gasteiger partial charge in [-0.25, -0.2) is 0 Å². The molecule has 0 aliphatic rings. The van der Waals surface area contributed by atoms with Crippen LogP contribution in [0.3, 0.4) is 0 Å². The van der Waals surface area contributed by atoms with Crippen LogP contribution in [0.25, 0.3) is 82.5 Å². The summed E-state index contributed by atoms with van der Waals surface area (Å²) < 4.78 is 15.9. The van der Waals surface area contributed by atoms with Gasteiger partial charge in [-0.05, 0) is 75.6 Å². The van der Waals surface area contributed by atoms with Gasteiger partial charge in [0.1, 0.15) is 22.3 Å². The van der Waals surface area contributed by atoms with Gasteiger partial charge < -0.3 is 13.4 Å². The monoisotopic (exact) mass is 577 g/mol. The first-order chi connectivity index (χ1) is 19.8. The molecule has 0 amide bonds. The van der Waals surface area contributed by atoms with Crippen molar-refractivity contribution in [3.8, 4) is 16.8 Å². The number of hydrogen-bond acceptors (Lipinski definition) is 2. The van der Waals surface area contributed by atoms with Crippen molar-refractivity contribution in [2.24, 2.45) is 0 Å². The Kier molecular flexibility index (Phi) is 4.47. The zero-order valence-electron chi connectivity index (χ0n) is 21.2. The number of hydrogen-bond donors (Lipinski definition) is 0. The molecule has 3 aromatic heterocycles. The molecule has 9 rings (SSSR count). The lowest BCUT2D eigenvalue weighted by Gasteiger charge is -2.11. The fourth-order valence-electron chi connectivity index (χ4n) is 6.35. The third-order valence-corrected chi connectivity index (χ3v) is 8.89. The predicted octanol–water partition coefficient (Wildman–Crippen LogP) is 11.0. The second kappa shape index (κ2) is 8.10. The summed E-state index contributed by atoms with van der Waals surface area (Å²) in [5.74, 6) is 0. The number of nitrogens with zero attached hydrogens (tertiary/aromatic N) is 1. The van der Waals surface area contributed by atoms with E-state index in [2.05, 4.69) is 130 Å². The van der Waals surface area contributed by atoms with E-state index in [9.17, 15) is 0 Å². The van der Waals surface area contributed by atoms with Gasteiger partial charge in [0.15, 0.2) is 0 Å². The minimum absolute atomic E-state index is 0.855. The third kappa shape index (κ3) is 2.94. The molecule has 0 aliphatic carbocycles. The molecule has 3 heterocycles. The fraction of sp³-hybridized carbons (Fsp3) is 0. The maximum Gasteiger partial charge on any atom is 0.136 e. The molecule has 0 unspecified atom stereocenters. The van der Waals surface area contributed by atoms with Gasteiger partial charge in [0.05, 0.1) is 21.2 Å². The Morgan fingerprint density at radius 2 is 1.07 bits per heavy atom. The molecular formula is C36H20BrNO2. The molecule has 0 radical (unpaired) electrons. The Hall–Kier alpha value is -4.80. The summed E-state index contributed by atoms with van der Waals surface area (Å²) in [5, 5.41) is 6.88. The van der Waals surface area contributed by atoms with E-state index in [0.29, 0.717) is 0 Å². The van der Waals surface area contributed by atoms with Crippen LogP contribution in [0.5, 0.6) is 0 Å². The van der Waals surface area contributed by atoms with E-state index in [1.165, 1.54) is 21.8 Å². The standard InChI is InChI=1S/C36H20BrNO2/c37-36-29(38-27-12-4-1-8-23(27)24-9-2-5-13-28(24)38)17-19-33-35(36)34-22(11-7-15-32(34)40-33)21-16-18-31-26(20-21)25-10-3-6-14-30(25)39-31/h1-20H. The molecule has 9 aromatic rings. The largest absolute Gasteiger partial charge is 0.456 e. The summed E-state index contributed by atoms with van der Waals surface area (Å²) in [6, 6.07) is 42.4. The Bertz CT molecular complexity index is 2400. The van der Waals surface area contributed by atoms with Crippen LogP contribution >= 0.6 is 15.9 Å². The number of rotatable bonds is 2. The maximum absolute atomic E-state index is 6.43. The van der Waals surface area contributed by atoms with Crippen molar-refractivity contribution in [1.29, 1.82) is 0 Å². The average molecular weight is 578 g/mol. The van der Waals surface area contributed by atoms with E-state index in [4.69, 9.17) is 8.83 Å². The zero-order chi connectivity index (χ0) is 26.4. The van der Waals surface area contributed by atoms with Crippen molar-refractivity contribution in [3.63, 3.8) is 0 Å². The molecule has 3 nitrogen and oxygen atoms in total. The number of halogens is 1. The van der Waals surface area contributed by atoms with Gasteiger partial charge in [0.2, 0.25) is 0 Å². The summed E-state index contributed by atoms with van der Waals surface area (Å²) in [6.45, 7) is 0. The van der Waals surface area contributed by atoms with E-state index in [-0.39, 0.29) is 0 Å². The molecule has 0 aliphatic heterocycles. The first kappa shape index (κ1) is 22.1. The summed E-state index contributed by atoms with van der Waals surface area (Å²) in [5.41, 5.74) is 9.20. The highest BCUT2D eigenvalue weighted by Crippen LogP contribution is 2.44. The molecule has 0 bridgehead atoms. The minimum Gasteiger partial charge on any atom is -0.456 e. The molecule has 40 heavy (non-hydrogen) atoms. The van der Waals surface area contributed by atoms with Gasteiger partial charge in [-0.1, -0.05) is 72.8 Å². The van der Waals surface area contributed by atoms with Crippen molar-refractivity contribution in [2.75, 3.05) is 0 Å². The number of benzene rings is 6. The number of aromatic nitrogens is 1. The normalized spacial score (nSPS) is 12.1. The van der Waals surface area contributed by atoms with Crippen LogP contribution in [-0.4, -0.2) is 4.57 Å². The number of para-hydroxylation sites is 3. The summed E-state index contributed by atoms with van der Waals surface area (Å²) in [4.78, 5) is 0. The van der Waals surface area contributed by atoms with E-state index in [1.54, 1.807) is 0 Å². The molecule has 0 atom stereocenters. The van der Waals surface area contributed by atoms with E-state index in [0.717, 1.165) is 65.2 Å². The zero-order valence-corrected chi connectivity index (χ0v) is 22.8. The van der Waals surface area contributed by atoms with Crippen molar-refractivity contribution >= 4 is 81.6 Å². The van der Waals surface area contributed by atoms with Gasteiger partial charge >= 0.3 is 0 Å². The Morgan fingerprint density at radius 3 is 1.88 bits per heavy atom. The average Bonchev–Trinajstić information content (AvgIpc) is 3.67. The Labute approximate surface area is 237 Å². The summed E-state index contributed by atoms with van der Waals surface area (Å²) >= 11 is 4.05. The van der Waals surface area contributed by atoms with Gasteiger partial charge in [0, 0.05) is 32.3 Å². The van der Waals surface area contributed by atoms with Gasteiger partial charge in [-0.3, -0.25) is 0 Å². The van der Waals surface area contributed by atoms with Crippen molar-refractivity contribution in [3.05, 3.63) is 126 Å². The van der Waals surface area contributed by atoms with Crippen LogP contribution in [-0.2, 0) is 0 Å². The molecule has 0 N–H and O–H groups in total. The van der Waals surface area contributed by atoms with E-state index < -0.39 is 0 Å². The molecule has 6 aromatic carbocycles. The topological polar surface area (TPSA) is 31.2 Å². The first-order valence-corrected chi connectivity index (χ1v) is 14.1. The molecule has 188 valence electrons. The lowest BCUT2D eigenvalue weighted by molar-refractivity contribution is 0.668. The quantitative estimate of drug-likeness (QED) is 0.204. The van der Waals surface area contributed by atoms with Crippen LogP contribution < -0.4 is 0 Å². The van der Waals surface area contributed by atoms with Gasteiger partial charge in [-0.15, -0.1) is 0 Å². The lowest BCUT2D eigenvalue weighted by atomic mass is 9.97. The highest BCUT2D eigenvalue weighted by atomic mass is 79.9. The van der Waals surface area contributed by atoms with Crippen LogP contribution in [0.4, 0.5) is 0 Å². The van der Waals surface area contributed by atoms with Crippen molar-refractivity contribution in [1.82, 2.24) is 4.57 Å². The summed E-state index contributed by atoms with van der Waals surface area (Å²) in [7, 11) is 0. The summed E-state index contributed by atoms with van der Waals surface area (Å²) in [6.07, 6.45) is 0. The predicted molar refractivity (Wildman–Crippen MR) is 168 cm³/mol. The van der Waals surface area contributed by atoms with E-state index in [1.807, 2.05) is 12.1 Å².